The number of hydrogen-bond donors (Lipinski definition) is 1. The van der Waals surface area contributed by atoms with Crippen molar-refractivity contribution in [2.24, 2.45) is 23.7 Å². The number of amides is 1. The van der Waals surface area contributed by atoms with E-state index < -0.39 is 0 Å². The number of anilines is 1. The molecule has 136 valence electrons. The normalized spacial score (nSPS) is 33.8. The smallest absolute Gasteiger partial charge is 0.229 e. The molecule has 2 aromatic heterocycles. The number of pyridine rings is 1. The second-order valence-electron chi connectivity index (χ2n) is 8.21. The van der Waals surface area contributed by atoms with Gasteiger partial charge in [-0.25, -0.2) is 9.97 Å². The van der Waals surface area contributed by atoms with Gasteiger partial charge in [-0.05, 0) is 61.5 Å². The number of nitrogens with one attached hydrogen (secondary N) is 1. The van der Waals surface area contributed by atoms with Gasteiger partial charge in [0.1, 0.15) is 10.7 Å². The lowest BCUT2D eigenvalue weighted by atomic mass is 9.93. The highest BCUT2D eigenvalue weighted by Crippen LogP contribution is 2.82. The molecule has 2 aromatic rings. The van der Waals surface area contributed by atoms with Crippen LogP contribution in [0.5, 0.6) is 0 Å². The molecule has 2 unspecified atom stereocenters. The van der Waals surface area contributed by atoms with Crippen molar-refractivity contribution in [3.63, 3.8) is 0 Å². The Balaban J connectivity index is 1.14. The number of rotatable bonds is 6. The lowest BCUT2D eigenvalue weighted by Gasteiger charge is -2.28. The van der Waals surface area contributed by atoms with Crippen LogP contribution in [0.3, 0.4) is 0 Å². The topological polar surface area (TPSA) is 69.0 Å². The lowest BCUT2D eigenvalue weighted by molar-refractivity contribution is -0.117. The van der Waals surface area contributed by atoms with E-state index in [1.165, 1.54) is 12.8 Å². The summed E-state index contributed by atoms with van der Waals surface area (Å²) in [5.74, 6) is 4.27. The molecular weight excluding hydrogens is 352 g/mol. The van der Waals surface area contributed by atoms with E-state index in [2.05, 4.69) is 15.3 Å². The number of nitrogens with zero attached hydrogens (tertiary/aromatic N) is 3. The van der Waals surface area contributed by atoms with Crippen LogP contribution in [0.25, 0.3) is 11.2 Å². The first-order chi connectivity index (χ1) is 12.7. The molecule has 6 nitrogen and oxygen atoms in total. The van der Waals surface area contributed by atoms with Crippen LogP contribution in [-0.4, -0.2) is 33.2 Å². The van der Waals surface area contributed by atoms with Gasteiger partial charge < -0.3 is 4.74 Å². The van der Waals surface area contributed by atoms with Crippen LogP contribution < -0.4 is 5.32 Å². The molecule has 5 atom stereocenters. The molecule has 0 aliphatic heterocycles. The maximum Gasteiger partial charge on any atom is 0.229 e. The third kappa shape index (κ3) is 2.24. The van der Waals surface area contributed by atoms with E-state index in [4.69, 9.17) is 16.3 Å². The van der Waals surface area contributed by atoms with Gasteiger partial charge in [0.15, 0.2) is 5.65 Å². The van der Waals surface area contributed by atoms with Crippen LogP contribution >= 0.6 is 11.6 Å². The van der Waals surface area contributed by atoms with E-state index in [0.717, 1.165) is 47.7 Å². The molecule has 2 bridgehead atoms. The molecule has 5 aliphatic rings. The Morgan fingerprint density at radius 2 is 2.12 bits per heavy atom. The first kappa shape index (κ1) is 15.4. The van der Waals surface area contributed by atoms with Crippen molar-refractivity contribution in [1.29, 1.82) is 0 Å². The summed E-state index contributed by atoms with van der Waals surface area (Å²) < 4.78 is 7.99. The summed E-state index contributed by atoms with van der Waals surface area (Å²) >= 11 is 6.06. The summed E-state index contributed by atoms with van der Waals surface area (Å²) in [6.07, 6.45) is 5.35. The van der Waals surface area contributed by atoms with Gasteiger partial charge in [-0.1, -0.05) is 11.6 Å². The fourth-order valence-electron chi connectivity index (χ4n) is 5.17. The summed E-state index contributed by atoms with van der Waals surface area (Å²) in [6, 6.07) is 3.93. The number of carbonyl (C=O) groups is 1. The van der Waals surface area contributed by atoms with Crippen LogP contribution in [-0.2, 0) is 9.53 Å². The van der Waals surface area contributed by atoms with Gasteiger partial charge in [0.2, 0.25) is 11.9 Å². The van der Waals surface area contributed by atoms with Crippen LogP contribution in [0.2, 0.25) is 5.15 Å². The highest BCUT2D eigenvalue weighted by molar-refractivity contribution is 6.29. The van der Waals surface area contributed by atoms with Crippen molar-refractivity contribution in [3.8, 4) is 0 Å². The molecule has 0 saturated heterocycles. The molecule has 0 spiro atoms. The van der Waals surface area contributed by atoms with Gasteiger partial charge in [-0.3, -0.25) is 14.7 Å². The zero-order chi connectivity index (χ0) is 17.4. The molecule has 0 aromatic carbocycles. The van der Waals surface area contributed by atoms with Crippen LogP contribution in [0, 0.1) is 23.7 Å². The Kier molecular flexibility index (Phi) is 3.21. The number of halogens is 1. The van der Waals surface area contributed by atoms with Crippen molar-refractivity contribution in [3.05, 3.63) is 17.3 Å². The predicted molar refractivity (Wildman–Crippen MR) is 97.0 cm³/mol. The molecule has 1 N–H and O–H groups in total. The van der Waals surface area contributed by atoms with Crippen molar-refractivity contribution >= 4 is 34.6 Å². The first-order valence-electron chi connectivity index (χ1n) is 9.66. The minimum atomic E-state index is -0.0512. The SMILES string of the molecule is O=C(CCO[C@@H]1C[C@@H]2C3C1[C@@H]32)Nc1nc2ccc(Cl)nc2n1C1CCC1. The molecule has 2 heterocycles. The van der Waals surface area contributed by atoms with Gasteiger partial charge in [0.05, 0.1) is 19.1 Å². The largest absolute Gasteiger partial charge is 0.377 e. The van der Waals surface area contributed by atoms with E-state index >= 15 is 0 Å². The van der Waals surface area contributed by atoms with Gasteiger partial charge in [0.25, 0.3) is 0 Å². The maximum absolute atomic E-state index is 12.4. The van der Waals surface area contributed by atoms with Crippen molar-refractivity contribution in [2.45, 2.75) is 44.2 Å². The van der Waals surface area contributed by atoms with E-state index in [1.807, 2.05) is 10.6 Å². The molecule has 26 heavy (non-hydrogen) atoms. The second-order valence-corrected chi connectivity index (χ2v) is 8.59. The highest BCUT2D eigenvalue weighted by Gasteiger charge is 2.80. The molecule has 7 rings (SSSR count). The lowest BCUT2D eigenvalue weighted by Crippen LogP contribution is -2.23. The molecule has 7 heteroatoms. The van der Waals surface area contributed by atoms with Gasteiger partial charge in [-0.2, -0.15) is 0 Å². The maximum atomic E-state index is 12.4. The quantitative estimate of drug-likeness (QED) is 0.789. The van der Waals surface area contributed by atoms with E-state index in [1.54, 1.807) is 6.07 Å². The van der Waals surface area contributed by atoms with Gasteiger partial charge >= 0.3 is 0 Å². The Morgan fingerprint density at radius 1 is 1.27 bits per heavy atom. The Morgan fingerprint density at radius 3 is 2.81 bits per heavy atom. The zero-order valence-corrected chi connectivity index (χ0v) is 15.2. The minimum Gasteiger partial charge on any atom is -0.377 e. The van der Waals surface area contributed by atoms with Crippen LogP contribution in [0.4, 0.5) is 5.95 Å². The van der Waals surface area contributed by atoms with E-state index in [-0.39, 0.29) is 5.91 Å². The number of carbonyl (C=O) groups excluding carboxylic acids is 1. The summed E-state index contributed by atoms with van der Waals surface area (Å²) in [5.41, 5.74) is 1.52. The third-order valence-corrected chi connectivity index (χ3v) is 7.04. The number of imidazole rings is 1. The number of ether oxygens (including phenoxy) is 1. The van der Waals surface area contributed by atoms with Crippen molar-refractivity contribution in [1.82, 2.24) is 14.5 Å². The zero-order valence-electron chi connectivity index (χ0n) is 14.4. The monoisotopic (exact) mass is 372 g/mol. The van der Waals surface area contributed by atoms with E-state index in [0.29, 0.717) is 36.3 Å². The number of aromatic nitrogens is 3. The molecular formula is C19H21ClN4O2. The Labute approximate surface area is 156 Å². The van der Waals surface area contributed by atoms with Crippen LogP contribution in [0.15, 0.2) is 12.1 Å². The van der Waals surface area contributed by atoms with E-state index in [9.17, 15) is 4.79 Å². The van der Waals surface area contributed by atoms with Crippen molar-refractivity contribution in [2.75, 3.05) is 11.9 Å². The molecule has 5 fully saturated rings. The summed E-state index contributed by atoms with van der Waals surface area (Å²) in [6.45, 7) is 0.493. The minimum absolute atomic E-state index is 0.0512. The third-order valence-electron chi connectivity index (χ3n) is 6.83. The molecule has 1 amide bonds. The summed E-state index contributed by atoms with van der Waals surface area (Å²) in [7, 11) is 0. The van der Waals surface area contributed by atoms with Crippen molar-refractivity contribution < 1.29 is 9.53 Å². The average molecular weight is 373 g/mol. The van der Waals surface area contributed by atoms with Crippen LogP contribution in [0.1, 0.15) is 38.1 Å². The number of fused-ring (bicyclic) bond motifs is 2. The highest BCUT2D eigenvalue weighted by atomic mass is 35.5. The van der Waals surface area contributed by atoms with Gasteiger partial charge in [-0.15, -0.1) is 0 Å². The Hall–Kier alpha value is -1.66. The first-order valence-corrected chi connectivity index (χ1v) is 10.0. The standard InChI is InChI=1S/C19H21ClN4O2/c20-13-5-4-11-18(22-13)24(9-2-1-3-9)19(21-11)23-14(25)6-7-26-12-8-10-15-16(10)17(12)15/h4-5,9-10,12,15-17H,1-3,6-8H2,(H,21,23,25)/t10-,12-,15?,16-,17?/m1/s1. The predicted octanol–water partition coefficient (Wildman–Crippen LogP) is 3.42. The molecule has 0 radical (unpaired) electrons. The Bertz CT molecular complexity index is 892. The van der Waals surface area contributed by atoms with Gasteiger partial charge in [0, 0.05) is 6.04 Å². The fraction of sp³-hybridized carbons (Fsp3) is 0.632. The molecule has 5 aliphatic carbocycles. The fourth-order valence-corrected chi connectivity index (χ4v) is 5.32. The average Bonchev–Trinajstić information content (AvgIpc) is 3.32. The second kappa shape index (κ2) is 5.42. The molecule has 5 saturated carbocycles. The summed E-state index contributed by atoms with van der Waals surface area (Å²) in [5, 5.41) is 3.42. The number of hydrogen-bond acceptors (Lipinski definition) is 4. The summed E-state index contributed by atoms with van der Waals surface area (Å²) in [4.78, 5) is 21.4.